The zero-order valence-corrected chi connectivity index (χ0v) is 32.8. The molecular formula is C39H61N5O13. The van der Waals surface area contributed by atoms with E-state index in [1.165, 1.54) is 51.4 Å². The maximum Gasteiger partial charge on any atom is 0.330 e. The van der Waals surface area contributed by atoms with Crippen LogP contribution in [0.3, 0.4) is 0 Å². The highest BCUT2D eigenvalue weighted by Crippen LogP contribution is 2.37. The molecule has 3 amide bonds. The zero-order valence-electron chi connectivity index (χ0n) is 32.8. The van der Waals surface area contributed by atoms with Crippen LogP contribution in [0.4, 0.5) is 0 Å². The number of ether oxygens (including phenoxy) is 4. The van der Waals surface area contributed by atoms with Crippen molar-refractivity contribution in [2.45, 2.75) is 165 Å². The van der Waals surface area contributed by atoms with E-state index in [0.29, 0.717) is 25.8 Å². The molecule has 8 N–H and O–H groups in total. The number of amides is 3. The van der Waals surface area contributed by atoms with E-state index < -0.39 is 102 Å². The number of nitrogens with zero attached hydrogens (tertiary/aromatic N) is 1. The summed E-state index contributed by atoms with van der Waals surface area (Å²) in [5.41, 5.74) is 4.03. The van der Waals surface area contributed by atoms with E-state index in [0.717, 1.165) is 55.0 Å². The van der Waals surface area contributed by atoms with E-state index in [2.05, 4.69) is 17.6 Å². The average molecular weight is 808 g/mol. The zero-order chi connectivity index (χ0) is 41.3. The van der Waals surface area contributed by atoms with Gasteiger partial charge in [0.1, 0.15) is 18.2 Å². The van der Waals surface area contributed by atoms with Crippen LogP contribution >= 0.6 is 0 Å². The molecule has 2 fully saturated rings. The van der Waals surface area contributed by atoms with Crippen molar-refractivity contribution in [3.8, 4) is 0 Å². The summed E-state index contributed by atoms with van der Waals surface area (Å²) in [6.07, 6.45) is 6.73. The first-order valence-corrected chi connectivity index (χ1v) is 20.5. The molecule has 0 saturated carbocycles. The molecule has 320 valence electrons. The molecule has 0 spiro atoms. The molecule has 4 heterocycles. The molecule has 3 aliphatic heterocycles. The fourth-order valence-corrected chi connectivity index (χ4v) is 7.35. The highest BCUT2D eigenvalue weighted by atomic mass is 16.7. The van der Waals surface area contributed by atoms with Gasteiger partial charge in [-0.1, -0.05) is 84.0 Å². The van der Waals surface area contributed by atoms with Crippen LogP contribution in [0.1, 0.15) is 122 Å². The summed E-state index contributed by atoms with van der Waals surface area (Å²) in [4.78, 5) is 78.1. The number of H-pyrrole nitrogens is 1. The SMILES string of the molecule is CCCCCCCCCCCCCCCC(=O)O[C@H]1C=C(C(=O)N[C@H]2CCCCNC2=O)O[C@H](O[C@@H](C(N)=O)[C@H]2O[C@@H](n3ccc(=O)[nH]c3=O)[C@H](O)[C@@H]2CO)[C@H]1O. The summed E-state index contributed by atoms with van der Waals surface area (Å²) in [6.45, 7) is 1.88. The van der Waals surface area contributed by atoms with Crippen LogP contribution in [0.15, 0.2) is 33.7 Å². The Morgan fingerprint density at radius 1 is 0.965 bits per heavy atom. The van der Waals surface area contributed by atoms with Crippen molar-refractivity contribution in [1.82, 2.24) is 20.2 Å². The Labute approximate surface area is 331 Å². The lowest BCUT2D eigenvalue weighted by molar-refractivity contribution is -0.242. The number of primary amides is 1. The van der Waals surface area contributed by atoms with Gasteiger partial charge in [0, 0.05) is 37.2 Å². The van der Waals surface area contributed by atoms with Gasteiger partial charge < -0.3 is 50.6 Å². The number of hydrogen-bond donors (Lipinski definition) is 7. The van der Waals surface area contributed by atoms with E-state index >= 15 is 0 Å². The van der Waals surface area contributed by atoms with Crippen molar-refractivity contribution < 1.29 is 53.4 Å². The van der Waals surface area contributed by atoms with Crippen LogP contribution in [0.2, 0.25) is 0 Å². The van der Waals surface area contributed by atoms with Crippen LogP contribution < -0.4 is 27.6 Å². The minimum absolute atomic E-state index is 0.0341. The molecule has 4 rings (SSSR count). The highest BCUT2D eigenvalue weighted by Gasteiger charge is 2.52. The summed E-state index contributed by atoms with van der Waals surface area (Å²) in [5.74, 6) is -4.90. The summed E-state index contributed by atoms with van der Waals surface area (Å²) in [5, 5.41) is 37.9. The molecule has 3 aliphatic rings. The molecule has 0 unspecified atom stereocenters. The van der Waals surface area contributed by atoms with Gasteiger partial charge in [0.25, 0.3) is 11.5 Å². The molecule has 1 aromatic rings. The van der Waals surface area contributed by atoms with Gasteiger partial charge in [0.05, 0.1) is 6.61 Å². The fraction of sp³-hybridized carbons (Fsp3) is 0.744. The number of aliphatic hydroxyl groups excluding tert-OH is 3. The molecule has 0 aromatic carbocycles. The summed E-state index contributed by atoms with van der Waals surface area (Å²) in [6, 6.07) is 0.0998. The average Bonchev–Trinajstić information content (AvgIpc) is 3.36. The monoisotopic (exact) mass is 807 g/mol. The Hall–Kier alpha value is -4.10. The molecule has 9 atom stereocenters. The van der Waals surface area contributed by atoms with Crippen molar-refractivity contribution in [3.05, 3.63) is 44.9 Å². The van der Waals surface area contributed by atoms with Gasteiger partial charge in [-0.3, -0.25) is 33.5 Å². The van der Waals surface area contributed by atoms with Gasteiger partial charge in [0.15, 0.2) is 30.3 Å². The topological polar surface area (TPSA) is 271 Å². The number of nitrogens with one attached hydrogen (secondary N) is 3. The standard InChI is InChI=1S/C39H61N5O13/c1-2-3-4-5-6-7-8-9-10-11-12-13-14-18-29(47)54-26-22-27(36(52)42-25-17-15-16-20-41-35(25)51)55-38(31(26)49)57-33(34(40)50)32-24(23-45)30(48)37(56-32)44-21-19-28(46)43-39(44)53/h19,21-22,24-26,30-33,37-38,45,48-49H,2-18,20,23H2,1H3,(H2,40,50)(H,41,51)(H,42,52)(H,43,46,53)/t24-,25-,26-,30+,31-,32-,33+,37+,38+/m0/s1. The lowest BCUT2D eigenvalue weighted by atomic mass is 9.94. The minimum Gasteiger partial charge on any atom is -0.456 e. The number of aromatic amines is 1. The van der Waals surface area contributed by atoms with E-state index in [-0.39, 0.29) is 6.42 Å². The van der Waals surface area contributed by atoms with Crippen LogP contribution in [0.5, 0.6) is 0 Å². The predicted molar refractivity (Wildman–Crippen MR) is 204 cm³/mol. The molecule has 2 saturated heterocycles. The van der Waals surface area contributed by atoms with Crippen molar-refractivity contribution >= 4 is 23.7 Å². The number of esters is 1. The first-order chi connectivity index (χ1) is 27.4. The number of nitrogens with two attached hydrogens (primary N) is 1. The third-order valence-corrected chi connectivity index (χ3v) is 10.6. The van der Waals surface area contributed by atoms with E-state index in [9.17, 15) is 44.1 Å². The summed E-state index contributed by atoms with van der Waals surface area (Å²) in [7, 11) is 0. The molecule has 0 radical (unpaired) electrons. The van der Waals surface area contributed by atoms with Gasteiger partial charge in [-0.2, -0.15) is 0 Å². The number of unbranched alkanes of at least 4 members (excludes halogenated alkanes) is 12. The predicted octanol–water partition coefficient (Wildman–Crippen LogP) is 1.05. The van der Waals surface area contributed by atoms with E-state index in [1.807, 2.05) is 4.98 Å². The maximum absolute atomic E-state index is 13.5. The second-order valence-electron chi connectivity index (χ2n) is 15.1. The second-order valence-corrected chi connectivity index (χ2v) is 15.1. The third kappa shape index (κ3) is 13.5. The van der Waals surface area contributed by atoms with Crippen molar-refractivity contribution in [3.63, 3.8) is 0 Å². The lowest BCUT2D eigenvalue weighted by Crippen LogP contribution is -2.54. The number of aromatic nitrogens is 2. The third-order valence-electron chi connectivity index (χ3n) is 10.6. The molecule has 18 nitrogen and oxygen atoms in total. The first-order valence-electron chi connectivity index (χ1n) is 20.5. The van der Waals surface area contributed by atoms with Crippen molar-refractivity contribution in [1.29, 1.82) is 0 Å². The Kier molecular flexibility index (Phi) is 18.7. The van der Waals surface area contributed by atoms with E-state index in [4.69, 9.17) is 24.7 Å². The van der Waals surface area contributed by atoms with Crippen LogP contribution in [-0.4, -0.2) is 105 Å². The van der Waals surface area contributed by atoms with Gasteiger partial charge >= 0.3 is 11.7 Å². The van der Waals surface area contributed by atoms with Gasteiger partial charge in [-0.25, -0.2) is 4.79 Å². The number of aliphatic hydroxyl groups is 3. The van der Waals surface area contributed by atoms with Crippen LogP contribution in [0.25, 0.3) is 0 Å². The molecule has 1 aromatic heterocycles. The number of rotatable bonds is 23. The fourth-order valence-electron chi connectivity index (χ4n) is 7.35. The summed E-state index contributed by atoms with van der Waals surface area (Å²) >= 11 is 0. The van der Waals surface area contributed by atoms with Gasteiger partial charge in [-0.05, 0) is 25.7 Å². The smallest absolute Gasteiger partial charge is 0.330 e. The maximum atomic E-state index is 13.5. The van der Waals surface area contributed by atoms with Crippen molar-refractivity contribution in [2.75, 3.05) is 13.2 Å². The molecular weight excluding hydrogens is 746 g/mol. The van der Waals surface area contributed by atoms with Gasteiger partial charge in [-0.15, -0.1) is 0 Å². The Morgan fingerprint density at radius 2 is 1.61 bits per heavy atom. The lowest BCUT2D eigenvalue weighted by Gasteiger charge is -2.36. The number of carbonyl (C=O) groups excluding carboxylic acids is 4. The quantitative estimate of drug-likeness (QED) is 0.0603. The Morgan fingerprint density at radius 3 is 2.23 bits per heavy atom. The molecule has 57 heavy (non-hydrogen) atoms. The minimum atomic E-state index is -1.90. The van der Waals surface area contributed by atoms with Gasteiger partial charge in [0.2, 0.25) is 18.1 Å². The molecule has 0 bridgehead atoms. The number of hydrogen-bond acceptors (Lipinski definition) is 13. The normalized spacial score (nSPS) is 26.7. The Bertz CT molecular complexity index is 1610. The highest BCUT2D eigenvalue weighted by molar-refractivity contribution is 5.95. The molecule has 18 heteroatoms. The van der Waals surface area contributed by atoms with Crippen LogP contribution in [0, 0.1) is 5.92 Å². The largest absolute Gasteiger partial charge is 0.456 e. The first kappa shape index (κ1) is 45.6. The van der Waals surface area contributed by atoms with E-state index in [1.54, 1.807) is 0 Å². The molecule has 0 aliphatic carbocycles. The van der Waals surface area contributed by atoms with Crippen molar-refractivity contribution in [2.24, 2.45) is 11.7 Å². The summed E-state index contributed by atoms with van der Waals surface area (Å²) < 4.78 is 23.8. The Balaban J connectivity index is 1.41. The number of carbonyl (C=O) groups is 4. The van der Waals surface area contributed by atoms with Crippen LogP contribution in [-0.2, 0) is 38.1 Å². The second kappa shape index (κ2) is 23.3.